The molecule has 0 spiro atoms. The summed E-state index contributed by atoms with van der Waals surface area (Å²) >= 11 is 1.59. The molecule has 0 fully saturated rings. The Labute approximate surface area is 139 Å². The predicted octanol–water partition coefficient (Wildman–Crippen LogP) is 1.70. The quantitative estimate of drug-likeness (QED) is 0.873. The summed E-state index contributed by atoms with van der Waals surface area (Å²) < 4.78 is 5.46. The molecule has 2 amide bonds. The molecule has 0 aliphatic rings. The lowest BCUT2D eigenvalue weighted by atomic mass is 10.2. The Morgan fingerprint density at radius 1 is 1.30 bits per heavy atom. The monoisotopic (exact) mass is 333 g/mol. The fourth-order valence-corrected chi connectivity index (χ4v) is 2.62. The molecule has 0 aliphatic heterocycles. The van der Waals surface area contributed by atoms with Crippen LogP contribution in [0.3, 0.4) is 0 Å². The molecule has 122 valence electrons. The van der Waals surface area contributed by atoms with Crippen LogP contribution in [0.5, 0.6) is 5.75 Å². The molecule has 0 bridgehead atoms. The van der Waals surface area contributed by atoms with Gasteiger partial charge in [-0.2, -0.15) is 0 Å². The summed E-state index contributed by atoms with van der Waals surface area (Å²) in [7, 11) is 3.09. The first-order valence-corrected chi connectivity index (χ1v) is 7.97. The standard InChI is InChI=1S/C16H19N3O3S/c1-11-10-23-16(18-11)12-4-6-13(7-5-12)22-9-15(21)19(3)8-14(20)17-2/h4-7,10H,8-9H2,1-3H3,(H,17,20). The smallest absolute Gasteiger partial charge is 0.260 e. The van der Waals surface area contributed by atoms with E-state index >= 15 is 0 Å². The predicted molar refractivity (Wildman–Crippen MR) is 89.5 cm³/mol. The normalized spacial score (nSPS) is 10.2. The van der Waals surface area contributed by atoms with Crippen LogP contribution in [0.25, 0.3) is 10.6 Å². The van der Waals surface area contributed by atoms with Crippen LogP contribution >= 0.6 is 11.3 Å². The fraction of sp³-hybridized carbons (Fsp3) is 0.312. The number of carbonyl (C=O) groups excluding carboxylic acids is 2. The summed E-state index contributed by atoms with van der Waals surface area (Å²) in [6.45, 7) is 1.86. The van der Waals surface area contributed by atoms with Gasteiger partial charge in [0.25, 0.3) is 5.91 Å². The molecule has 6 nitrogen and oxygen atoms in total. The largest absolute Gasteiger partial charge is 0.484 e. The fourth-order valence-electron chi connectivity index (χ4n) is 1.82. The number of rotatable bonds is 6. The second-order valence-corrected chi connectivity index (χ2v) is 5.89. The summed E-state index contributed by atoms with van der Waals surface area (Å²) in [5.74, 6) is 0.126. The third-order valence-corrected chi connectivity index (χ3v) is 4.18. The van der Waals surface area contributed by atoms with Gasteiger partial charge in [-0.15, -0.1) is 11.3 Å². The van der Waals surface area contributed by atoms with Gasteiger partial charge >= 0.3 is 0 Å². The molecule has 1 N–H and O–H groups in total. The minimum absolute atomic E-state index is 0.0149. The van der Waals surface area contributed by atoms with Crippen molar-refractivity contribution in [2.24, 2.45) is 0 Å². The van der Waals surface area contributed by atoms with Gasteiger partial charge < -0.3 is 15.0 Å². The summed E-state index contributed by atoms with van der Waals surface area (Å²) in [5, 5.41) is 5.42. The zero-order valence-electron chi connectivity index (χ0n) is 13.3. The van der Waals surface area contributed by atoms with Gasteiger partial charge in [0.1, 0.15) is 10.8 Å². The van der Waals surface area contributed by atoms with Gasteiger partial charge in [-0.25, -0.2) is 4.98 Å². The summed E-state index contributed by atoms with van der Waals surface area (Å²) in [6, 6.07) is 7.43. The molecule has 0 radical (unpaired) electrons. The van der Waals surface area contributed by atoms with E-state index in [1.807, 2.05) is 24.4 Å². The van der Waals surface area contributed by atoms with Crippen molar-refractivity contribution in [2.75, 3.05) is 27.2 Å². The van der Waals surface area contributed by atoms with Crippen molar-refractivity contribution in [2.45, 2.75) is 6.92 Å². The van der Waals surface area contributed by atoms with E-state index in [9.17, 15) is 9.59 Å². The molecule has 1 heterocycles. The number of nitrogens with zero attached hydrogens (tertiary/aromatic N) is 2. The van der Waals surface area contributed by atoms with E-state index in [-0.39, 0.29) is 25.0 Å². The molecular weight excluding hydrogens is 314 g/mol. The number of hydrogen-bond donors (Lipinski definition) is 1. The van der Waals surface area contributed by atoms with Crippen molar-refractivity contribution >= 4 is 23.2 Å². The molecule has 1 aromatic heterocycles. The van der Waals surface area contributed by atoms with Crippen LogP contribution in [0.4, 0.5) is 0 Å². The van der Waals surface area contributed by atoms with Crippen molar-refractivity contribution in [1.29, 1.82) is 0 Å². The van der Waals surface area contributed by atoms with Gasteiger partial charge in [-0.05, 0) is 31.2 Å². The van der Waals surface area contributed by atoms with Crippen molar-refractivity contribution in [3.8, 4) is 16.3 Å². The first-order chi connectivity index (χ1) is 11.0. The van der Waals surface area contributed by atoms with Gasteiger partial charge in [-0.3, -0.25) is 9.59 Å². The molecule has 7 heteroatoms. The lowest BCUT2D eigenvalue weighted by Gasteiger charge is -2.16. The van der Waals surface area contributed by atoms with Crippen molar-refractivity contribution in [3.05, 3.63) is 35.3 Å². The van der Waals surface area contributed by atoms with Crippen molar-refractivity contribution in [1.82, 2.24) is 15.2 Å². The zero-order valence-corrected chi connectivity index (χ0v) is 14.1. The minimum Gasteiger partial charge on any atom is -0.484 e. The lowest BCUT2D eigenvalue weighted by molar-refractivity contribution is -0.136. The Morgan fingerprint density at radius 2 is 2.00 bits per heavy atom. The second kappa shape index (κ2) is 7.73. The number of ether oxygens (including phenoxy) is 1. The van der Waals surface area contributed by atoms with Gasteiger partial charge in [-0.1, -0.05) is 0 Å². The minimum atomic E-state index is -0.256. The second-order valence-electron chi connectivity index (χ2n) is 5.03. The van der Waals surface area contributed by atoms with Crippen LogP contribution in [0.15, 0.2) is 29.6 Å². The molecule has 23 heavy (non-hydrogen) atoms. The third kappa shape index (κ3) is 4.79. The van der Waals surface area contributed by atoms with Gasteiger partial charge in [0.2, 0.25) is 5.91 Å². The highest BCUT2D eigenvalue weighted by Gasteiger charge is 2.12. The van der Waals surface area contributed by atoms with E-state index in [1.54, 1.807) is 30.5 Å². The highest BCUT2D eigenvalue weighted by Crippen LogP contribution is 2.25. The van der Waals surface area contributed by atoms with Crippen LogP contribution in [0.2, 0.25) is 0 Å². The number of aryl methyl sites for hydroxylation is 1. The average molecular weight is 333 g/mol. The Hall–Kier alpha value is -2.41. The first kappa shape index (κ1) is 17.0. The molecule has 0 unspecified atom stereocenters. The Morgan fingerprint density at radius 3 is 2.57 bits per heavy atom. The molecule has 0 aliphatic carbocycles. The highest BCUT2D eigenvalue weighted by molar-refractivity contribution is 7.13. The van der Waals surface area contributed by atoms with Gasteiger partial charge in [0.05, 0.1) is 6.54 Å². The van der Waals surface area contributed by atoms with Crippen LogP contribution in [0.1, 0.15) is 5.69 Å². The Kier molecular flexibility index (Phi) is 5.70. The van der Waals surface area contributed by atoms with Crippen LogP contribution in [0, 0.1) is 6.92 Å². The molecule has 0 atom stereocenters. The maximum Gasteiger partial charge on any atom is 0.260 e. The Bertz CT molecular complexity index is 682. The Balaban J connectivity index is 1.89. The number of nitrogens with one attached hydrogen (secondary N) is 1. The molecule has 2 aromatic rings. The molecule has 2 rings (SSSR count). The number of amides is 2. The van der Waals surface area contributed by atoms with Gasteiger partial charge in [0, 0.05) is 30.7 Å². The van der Waals surface area contributed by atoms with Crippen molar-refractivity contribution in [3.63, 3.8) is 0 Å². The van der Waals surface area contributed by atoms with Crippen LogP contribution in [-0.2, 0) is 9.59 Å². The molecule has 0 saturated heterocycles. The topological polar surface area (TPSA) is 71.5 Å². The summed E-state index contributed by atoms with van der Waals surface area (Å²) in [6.07, 6.45) is 0. The highest BCUT2D eigenvalue weighted by atomic mass is 32.1. The van der Waals surface area contributed by atoms with E-state index in [0.29, 0.717) is 5.75 Å². The SMILES string of the molecule is CNC(=O)CN(C)C(=O)COc1ccc(-c2nc(C)cs2)cc1. The van der Waals surface area contributed by atoms with E-state index in [4.69, 9.17) is 4.74 Å². The number of aromatic nitrogens is 1. The number of hydrogen-bond acceptors (Lipinski definition) is 5. The van der Waals surface area contributed by atoms with E-state index in [2.05, 4.69) is 10.3 Å². The summed E-state index contributed by atoms with van der Waals surface area (Å²) in [4.78, 5) is 28.8. The maximum absolute atomic E-state index is 11.9. The maximum atomic E-state index is 11.9. The lowest BCUT2D eigenvalue weighted by Crippen LogP contribution is -2.39. The average Bonchev–Trinajstić information content (AvgIpc) is 2.99. The van der Waals surface area contributed by atoms with Crippen molar-refractivity contribution < 1.29 is 14.3 Å². The van der Waals surface area contributed by atoms with Crippen LogP contribution < -0.4 is 10.1 Å². The summed E-state index contributed by atoms with van der Waals surface area (Å²) in [5.41, 5.74) is 2.01. The molecule has 0 saturated carbocycles. The zero-order chi connectivity index (χ0) is 16.8. The number of benzene rings is 1. The molecular formula is C16H19N3O3S. The van der Waals surface area contributed by atoms with E-state index < -0.39 is 0 Å². The van der Waals surface area contributed by atoms with E-state index in [1.165, 1.54) is 11.9 Å². The van der Waals surface area contributed by atoms with Crippen LogP contribution in [-0.4, -0.2) is 48.9 Å². The number of likely N-dealkylation sites (N-methyl/N-ethyl adjacent to an activating group) is 2. The molecule has 1 aromatic carbocycles. The number of carbonyl (C=O) groups is 2. The number of thiazole rings is 1. The van der Waals surface area contributed by atoms with E-state index in [0.717, 1.165) is 16.3 Å². The third-order valence-electron chi connectivity index (χ3n) is 3.17. The first-order valence-electron chi connectivity index (χ1n) is 7.09. The van der Waals surface area contributed by atoms with Gasteiger partial charge in [0.15, 0.2) is 6.61 Å².